The topological polar surface area (TPSA) is 75.3 Å². The van der Waals surface area contributed by atoms with Gasteiger partial charge >= 0.3 is 6.09 Å². The number of nitrogens with one attached hydrogen (secondary N) is 1. The first kappa shape index (κ1) is 22.6. The van der Waals surface area contributed by atoms with Crippen LogP contribution in [0, 0.1) is 0 Å². The molecule has 3 unspecified atom stereocenters. The molecule has 1 amide bonds. The molecule has 0 saturated carbocycles. The molecule has 1 heterocycles. The molecule has 1 aromatic carbocycles. The summed E-state index contributed by atoms with van der Waals surface area (Å²) in [7, 11) is 1.58. The van der Waals surface area contributed by atoms with Crippen molar-refractivity contribution in [2.75, 3.05) is 20.3 Å². The summed E-state index contributed by atoms with van der Waals surface area (Å²) in [5.74, 6) is -0.692. The van der Waals surface area contributed by atoms with E-state index in [4.69, 9.17) is 23.7 Å². The van der Waals surface area contributed by atoms with Gasteiger partial charge in [-0.25, -0.2) is 4.79 Å². The molecule has 7 nitrogen and oxygen atoms in total. The number of carbonyl (C=O) groups is 1. The monoisotopic (exact) mass is 395 g/mol. The standard InChI is InChI=1S/C21H33NO6/c1-20(2,3)28-19(23)22-16(13-25-12-15-10-8-7-9-11-15)18(24-6)17-14-26-21(4,5)27-17/h7-11,16-18H,12-14H2,1-6H3,(H,22,23). The lowest BCUT2D eigenvalue weighted by Crippen LogP contribution is -2.53. The maximum absolute atomic E-state index is 12.3. The Morgan fingerprint density at radius 1 is 1.29 bits per heavy atom. The van der Waals surface area contributed by atoms with E-state index >= 15 is 0 Å². The third-order valence-corrected chi connectivity index (χ3v) is 4.18. The first-order valence-corrected chi connectivity index (χ1v) is 9.55. The van der Waals surface area contributed by atoms with Crippen molar-refractivity contribution >= 4 is 6.09 Å². The lowest BCUT2D eigenvalue weighted by molar-refractivity contribution is -0.158. The van der Waals surface area contributed by atoms with Gasteiger partial charge in [-0.05, 0) is 40.2 Å². The molecule has 1 aliphatic heterocycles. The first-order chi connectivity index (χ1) is 13.1. The van der Waals surface area contributed by atoms with Gasteiger partial charge in [-0.3, -0.25) is 0 Å². The predicted octanol–water partition coefficient (Wildman–Crippen LogP) is 3.26. The maximum atomic E-state index is 12.3. The van der Waals surface area contributed by atoms with Crippen LogP contribution in [0.5, 0.6) is 0 Å². The number of rotatable bonds is 8. The van der Waals surface area contributed by atoms with Gasteiger partial charge in [0.25, 0.3) is 0 Å². The molecule has 1 aromatic rings. The summed E-state index contributed by atoms with van der Waals surface area (Å²) >= 11 is 0. The van der Waals surface area contributed by atoms with Gasteiger partial charge in [-0.1, -0.05) is 30.3 Å². The zero-order chi connectivity index (χ0) is 20.8. The molecule has 28 heavy (non-hydrogen) atoms. The number of alkyl carbamates (subject to hydrolysis) is 1. The average molecular weight is 395 g/mol. The maximum Gasteiger partial charge on any atom is 0.408 e. The molecule has 1 N–H and O–H groups in total. The van der Waals surface area contributed by atoms with E-state index in [1.807, 2.05) is 65.0 Å². The molecule has 0 spiro atoms. The van der Waals surface area contributed by atoms with E-state index in [1.54, 1.807) is 7.11 Å². The average Bonchev–Trinajstić information content (AvgIpc) is 2.94. The van der Waals surface area contributed by atoms with E-state index in [9.17, 15) is 4.79 Å². The second-order valence-corrected chi connectivity index (χ2v) is 8.32. The Balaban J connectivity index is 2.04. The summed E-state index contributed by atoms with van der Waals surface area (Å²) in [6, 6.07) is 9.38. The van der Waals surface area contributed by atoms with E-state index in [-0.39, 0.29) is 12.7 Å². The van der Waals surface area contributed by atoms with Gasteiger partial charge < -0.3 is 29.0 Å². The van der Waals surface area contributed by atoms with Crippen molar-refractivity contribution in [2.24, 2.45) is 0 Å². The van der Waals surface area contributed by atoms with Crippen molar-refractivity contribution in [1.82, 2.24) is 5.32 Å². The van der Waals surface area contributed by atoms with Crippen LogP contribution in [0.1, 0.15) is 40.2 Å². The van der Waals surface area contributed by atoms with Gasteiger partial charge in [0.2, 0.25) is 0 Å². The highest BCUT2D eigenvalue weighted by Gasteiger charge is 2.41. The van der Waals surface area contributed by atoms with Gasteiger partial charge in [0.05, 0.1) is 25.9 Å². The quantitative estimate of drug-likeness (QED) is 0.728. The molecule has 0 bridgehead atoms. The number of ether oxygens (including phenoxy) is 5. The summed E-state index contributed by atoms with van der Waals surface area (Å²) in [5.41, 5.74) is 0.450. The molecule has 0 aliphatic carbocycles. The number of hydrogen-bond donors (Lipinski definition) is 1. The van der Waals surface area contributed by atoms with Crippen LogP contribution in [0.2, 0.25) is 0 Å². The summed E-state index contributed by atoms with van der Waals surface area (Å²) in [5, 5.41) is 2.87. The Labute approximate surface area is 167 Å². The minimum atomic E-state index is -0.692. The Kier molecular flexibility index (Phi) is 7.83. The molecular weight excluding hydrogens is 362 g/mol. The van der Waals surface area contributed by atoms with Crippen LogP contribution in [0.3, 0.4) is 0 Å². The molecule has 1 fully saturated rings. The van der Waals surface area contributed by atoms with Gasteiger partial charge in [0.15, 0.2) is 5.79 Å². The first-order valence-electron chi connectivity index (χ1n) is 9.55. The molecule has 7 heteroatoms. The fourth-order valence-electron chi connectivity index (χ4n) is 3.01. The van der Waals surface area contributed by atoms with E-state index in [0.717, 1.165) is 5.56 Å². The second kappa shape index (κ2) is 9.69. The minimum Gasteiger partial charge on any atom is -0.444 e. The Bertz CT molecular complexity index is 613. The smallest absolute Gasteiger partial charge is 0.408 e. The van der Waals surface area contributed by atoms with Crippen LogP contribution >= 0.6 is 0 Å². The summed E-state index contributed by atoms with van der Waals surface area (Å²) < 4.78 is 28.5. The lowest BCUT2D eigenvalue weighted by Gasteiger charge is -2.31. The van der Waals surface area contributed by atoms with Crippen molar-refractivity contribution in [1.29, 1.82) is 0 Å². The van der Waals surface area contributed by atoms with Crippen molar-refractivity contribution in [2.45, 2.75) is 70.9 Å². The molecule has 3 atom stereocenters. The van der Waals surface area contributed by atoms with Gasteiger partial charge in [-0.2, -0.15) is 0 Å². The van der Waals surface area contributed by atoms with E-state index in [2.05, 4.69) is 5.32 Å². The number of methoxy groups -OCH3 is 1. The van der Waals surface area contributed by atoms with Gasteiger partial charge in [-0.15, -0.1) is 0 Å². The van der Waals surface area contributed by atoms with Crippen LogP contribution < -0.4 is 5.32 Å². The Morgan fingerprint density at radius 3 is 2.50 bits per heavy atom. The number of hydrogen-bond acceptors (Lipinski definition) is 6. The number of amides is 1. The normalized spacial score (nSPS) is 21.1. The Hall–Kier alpha value is -1.67. The summed E-state index contributed by atoms with van der Waals surface area (Å²) in [4.78, 5) is 12.3. The van der Waals surface area contributed by atoms with Crippen molar-refractivity contribution < 1.29 is 28.5 Å². The van der Waals surface area contributed by atoms with Gasteiger partial charge in [0, 0.05) is 7.11 Å². The highest BCUT2D eigenvalue weighted by molar-refractivity contribution is 5.68. The predicted molar refractivity (Wildman–Crippen MR) is 105 cm³/mol. The van der Waals surface area contributed by atoms with Crippen LogP contribution in [0.25, 0.3) is 0 Å². The van der Waals surface area contributed by atoms with Gasteiger partial charge in [0.1, 0.15) is 17.8 Å². The fourth-order valence-corrected chi connectivity index (χ4v) is 3.01. The van der Waals surface area contributed by atoms with Crippen molar-refractivity contribution in [3.05, 3.63) is 35.9 Å². The third-order valence-electron chi connectivity index (χ3n) is 4.18. The third kappa shape index (κ3) is 7.39. The zero-order valence-electron chi connectivity index (χ0n) is 17.7. The summed E-state index contributed by atoms with van der Waals surface area (Å²) in [6.45, 7) is 10.2. The Morgan fingerprint density at radius 2 is 1.96 bits per heavy atom. The molecule has 0 radical (unpaired) electrons. The number of carbonyl (C=O) groups excluding carboxylic acids is 1. The lowest BCUT2D eigenvalue weighted by atomic mass is 10.1. The van der Waals surface area contributed by atoms with E-state index < -0.39 is 29.6 Å². The molecule has 1 saturated heterocycles. The van der Waals surface area contributed by atoms with Crippen molar-refractivity contribution in [3.63, 3.8) is 0 Å². The SMILES string of the molecule is COC(C(COCc1ccccc1)NC(=O)OC(C)(C)C)C1COC(C)(C)O1. The fraction of sp³-hybridized carbons (Fsp3) is 0.667. The highest BCUT2D eigenvalue weighted by Crippen LogP contribution is 2.26. The minimum absolute atomic E-state index is 0.243. The van der Waals surface area contributed by atoms with Crippen LogP contribution in [0.4, 0.5) is 4.79 Å². The van der Waals surface area contributed by atoms with Crippen LogP contribution in [0.15, 0.2) is 30.3 Å². The molecular formula is C21H33NO6. The molecule has 0 aromatic heterocycles. The van der Waals surface area contributed by atoms with E-state index in [1.165, 1.54) is 0 Å². The van der Waals surface area contributed by atoms with Crippen molar-refractivity contribution in [3.8, 4) is 0 Å². The second-order valence-electron chi connectivity index (χ2n) is 8.32. The highest BCUT2D eigenvalue weighted by atomic mass is 16.7. The molecule has 158 valence electrons. The van der Waals surface area contributed by atoms with Crippen LogP contribution in [-0.4, -0.2) is 56.1 Å². The van der Waals surface area contributed by atoms with Crippen LogP contribution in [-0.2, 0) is 30.3 Å². The van der Waals surface area contributed by atoms with E-state index in [0.29, 0.717) is 13.2 Å². The number of benzene rings is 1. The molecule has 2 rings (SSSR count). The zero-order valence-corrected chi connectivity index (χ0v) is 17.7. The molecule has 1 aliphatic rings. The largest absolute Gasteiger partial charge is 0.444 e. The summed E-state index contributed by atoms with van der Waals surface area (Å²) in [6.07, 6.45) is -1.31.